The summed E-state index contributed by atoms with van der Waals surface area (Å²) in [5.74, 6) is 1.65. The van der Waals surface area contributed by atoms with Crippen LogP contribution in [0, 0.1) is 6.92 Å². The summed E-state index contributed by atoms with van der Waals surface area (Å²) >= 11 is 0. The topological polar surface area (TPSA) is 114 Å². The third-order valence-electron chi connectivity index (χ3n) is 7.70. The lowest BCUT2D eigenvalue weighted by Crippen LogP contribution is -2.41. The second-order valence-electron chi connectivity index (χ2n) is 10.1. The van der Waals surface area contributed by atoms with E-state index in [4.69, 9.17) is 9.72 Å². The van der Waals surface area contributed by atoms with E-state index < -0.39 is 13.0 Å². The highest BCUT2D eigenvalue weighted by Crippen LogP contribution is 2.36. The van der Waals surface area contributed by atoms with Gasteiger partial charge in [-0.25, -0.2) is 18.7 Å². The van der Waals surface area contributed by atoms with Gasteiger partial charge in [0.15, 0.2) is 5.65 Å². The van der Waals surface area contributed by atoms with E-state index in [9.17, 15) is 13.6 Å². The van der Waals surface area contributed by atoms with Crippen LogP contribution in [0.2, 0.25) is 0 Å². The summed E-state index contributed by atoms with van der Waals surface area (Å²) in [5, 5.41) is 4.14. The molecule has 0 atom stereocenters. The number of hydrogen-bond donors (Lipinski definition) is 2. The van der Waals surface area contributed by atoms with Gasteiger partial charge in [0.1, 0.15) is 11.5 Å². The summed E-state index contributed by atoms with van der Waals surface area (Å²) in [6, 6.07) is 2.35. The minimum Gasteiger partial charge on any atom is -0.480 e. The standard InChI is InChI=1S/C26H30F2N8O2/c1-14-31-23-19(36(14)13-20(27)28)10-15(11-29-23)18-12-30-24-22(18)25(38-2)34-26(33-24)32-16-5-7-17(8-6-16)35-9-3-4-21(35)37/h10-12,16-17,20H,3-9,13H2,1-2H3,(H2,30,32,33,34). The Kier molecular flexibility index (Phi) is 6.32. The zero-order valence-electron chi connectivity index (χ0n) is 21.4. The molecule has 2 fully saturated rings. The van der Waals surface area contributed by atoms with E-state index in [1.54, 1.807) is 26.4 Å². The number of fused-ring (bicyclic) bond motifs is 2. The molecule has 0 spiro atoms. The summed E-state index contributed by atoms with van der Waals surface area (Å²) in [6.07, 6.45) is 6.40. The Hall–Kier alpha value is -3.83. The number of carbonyl (C=O) groups excluding carboxylic acids is 1. The molecule has 6 rings (SSSR count). The molecule has 4 aromatic heterocycles. The van der Waals surface area contributed by atoms with Crippen molar-refractivity contribution in [3.63, 3.8) is 0 Å². The number of rotatable bonds is 7. The number of hydrogen-bond acceptors (Lipinski definition) is 7. The molecule has 0 aromatic carbocycles. The van der Waals surface area contributed by atoms with Crippen LogP contribution in [-0.2, 0) is 11.3 Å². The van der Waals surface area contributed by atoms with Crippen LogP contribution in [0.5, 0.6) is 5.88 Å². The maximum absolute atomic E-state index is 13.2. The van der Waals surface area contributed by atoms with Gasteiger partial charge in [-0.15, -0.1) is 0 Å². The highest BCUT2D eigenvalue weighted by molar-refractivity contribution is 5.98. The number of anilines is 1. The molecule has 1 aliphatic heterocycles. The van der Waals surface area contributed by atoms with Crippen molar-refractivity contribution in [1.29, 1.82) is 0 Å². The van der Waals surface area contributed by atoms with Gasteiger partial charge in [0.05, 0.1) is 24.6 Å². The fourth-order valence-electron chi connectivity index (χ4n) is 5.84. The number of H-pyrrole nitrogens is 1. The number of aryl methyl sites for hydroxylation is 1. The van der Waals surface area contributed by atoms with Crippen LogP contribution in [0.4, 0.5) is 14.7 Å². The van der Waals surface area contributed by atoms with Crippen molar-refractivity contribution in [3.8, 4) is 17.0 Å². The van der Waals surface area contributed by atoms with Crippen molar-refractivity contribution in [2.45, 2.75) is 70.5 Å². The van der Waals surface area contributed by atoms with Crippen LogP contribution in [0.3, 0.4) is 0 Å². The molecule has 200 valence electrons. The first-order valence-electron chi connectivity index (χ1n) is 13.0. The first-order valence-corrected chi connectivity index (χ1v) is 13.0. The van der Waals surface area contributed by atoms with Crippen molar-refractivity contribution in [2.24, 2.45) is 0 Å². The summed E-state index contributed by atoms with van der Waals surface area (Å²) < 4.78 is 33.5. The van der Waals surface area contributed by atoms with E-state index in [1.165, 1.54) is 4.57 Å². The van der Waals surface area contributed by atoms with E-state index in [0.717, 1.165) is 49.8 Å². The molecule has 4 aromatic rings. The number of imidazole rings is 1. The normalized spacial score (nSPS) is 20.2. The molecule has 10 nitrogen and oxygen atoms in total. The second kappa shape index (κ2) is 9.80. The summed E-state index contributed by atoms with van der Waals surface area (Å²) in [6.45, 7) is 2.13. The largest absolute Gasteiger partial charge is 0.480 e. The van der Waals surface area contributed by atoms with Crippen LogP contribution < -0.4 is 10.1 Å². The highest BCUT2D eigenvalue weighted by Gasteiger charge is 2.31. The molecule has 1 saturated heterocycles. The first-order chi connectivity index (χ1) is 18.4. The second-order valence-corrected chi connectivity index (χ2v) is 10.1. The van der Waals surface area contributed by atoms with Crippen molar-refractivity contribution in [3.05, 3.63) is 24.3 Å². The maximum atomic E-state index is 13.2. The molecule has 0 bridgehead atoms. The van der Waals surface area contributed by atoms with Gasteiger partial charge < -0.3 is 24.5 Å². The number of aromatic amines is 1. The molecule has 1 amide bonds. The van der Waals surface area contributed by atoms with Crippen LogP contribution in [0.25, 0.3) is 33.3 Å². The monoisotopic (exact) mass is 524 g/mol. The number of alkyl halides is 2. The van der Waals surface area contributed by atoms with Crippen LogP contribution in [-0.4, -0.2) is 72.5 Å². The van der Waals surface area contributed by atoms with Gasteiger partial charge in [0.25, 0.3) is 6.43 Å². The van der Waals surface area contributed by atoms with Crippen molar-refractivity contribution in [2.75, 3.05) is 19.0 Å². The van der Waals surface area contributed by atoms with Crippen LogP contribution in [0.1, 0.15) is 44.3 Å². The number of methoxy groups -OCH3 is 1. The lowest BCUT2D eigenvalue weighted by atomic mass is 9.90. The summed E-state index contributed by atoms with van der Waals surface area (Å²) in [7, 11) is 1.56. The molecule has 5 heterocycles. The maximum Gasteiger partial charge on any atom is 0.256 e. The number of likely N-dealkylation sites (tertiary alicyclic amines) is 1. The molecule has 1 saturated carbocycles. The molecule has 38 heavy (non-hydrogen) atoms. The van der Waals surface area contributed by atoms with Gasteiger partial charge in [-0.05, 0) is 45.1 Å². The Labute approximate surface area is 217 Å². The third kappa shape index (κ3) is 4.41. The number of aromatic nitrogens is 6. The molecular weight excluding hydrogens is 494 g/mol. The molecular formula is C26H30F2N8O2. The zero-order chi connectivity index (χ0) is 26.4. The van der Waals surface area contributed by atoms with Gasteiger partial charge >= 0.3 is 0 Å². The van der Waals surface area contributed by atoms with Gasteiger partial charge in [-0.1, -0.05) is 0 Å². The molecule has 0 unspecified atom stereocenters. The molecule has 0 radical (unpaired) electrons. The number of halogens is 2. The Balaban J connectivity index is 1.25. The van der Waals surface area contributed by atoms with E-state index in [1.807, 2.05) is 6.07 Å². The molecule has 2 aliphatic rings. The molecule has 2 N–H and O–H groups in total. The summed E-state index contributed by atoms with van der Waals surface area (Å²) in [4.78, 5) is 35.4. The smallest absolute Gasteiger partial charge is 0.256 e. The average Bonchev–Trinajstić information content (AvgIpc) is 3.61. The Morgan fingerprint density at radius 3 is 2.74 bits per heavy atom. The van der Waals surface area contributed by atoms with E-state index in [-0.39, 0.29) is 11.9 Å². The number of pyridine rings is 1. The predicted molar refractivity (Wildman–Crippen MR) is 138 cm³/mol. The van der Waals surface area contributed by atoms with Crippen molar-refractivity contribution in [1.82, 2.24) is 34.4 Å². The van der Waals surface area contributed by atoms with Crippen LogP contribution in [0.15, 0.2) is 18.5 Å². The van der Waals surface area contributed by atoms with Crippen molar-refractivity contribution >= 4 is 34.1 Å². The predicted octanol–water partition coefficient (Wildman–Crippen LogP) is 4.30. The number of ether oxygens (including phenoxy) is 1. The number of carbonyl (C=O) groups is 1. The quantitative estimate of drug-likeness (QED) is 0.371. The number of amides is 1. The number of nitrogens with zero attached hydrogens (tertiary/aromatic N) is 6. The molecule has 12 heteroatoms. The SMILES string of the molecule is COc1nc(NC2CCC(N3CCCC3=O)CC2)nc2[nH]cc(-c3cnc4nc(C)n(CC(F)F)c4c3)c12. The average molecular weight is 525 g/mol. The first kappa shape index (κ1) is 24.5. The molecule has 1 aliphatic carbocycles. The lowest BCUT2D eigenvalue weighted by molar-refractivity contribution is -0.130. The fourth-order valence-corrected chi connectivity index (χ4v) is 5.84. The highest BCUT2D eigenvalue weighted by atomic mass is 19.3. The van der Waals surface area contributed by atoms with E-state index >= 15 is 0 Å². The lowest BCUT2D eigenvalue weighted by Gasteiger charge is -2.34. The van der Waals surface area contributed by atoms with Gasteiger partial charge in [-0.3, -0.25) is 4.79 Å². The summed E-state index contributed by atoms with van der Waals surface area (Å²) in [5.41, 5.74) is 3.04. The minimum atomic E-state index is -2.50. The Morgan fingerprint density at radius 1 is 1.21 bits per heavy atom. The zero-order valence-corrected chi connectivity index (χ0v) is 21.4. The fraction of sp³-hybridized carbons (Fsp3) is 0.500. The van der Waals surface area contributed by atoms with Crippen LogP contribution >= 0.6 is 0 Å². The third-order valence-corrected chi connectivity index (χ3v) is 7.70. The Bertz CT molecular complexity index is 1490. The van der Waals surface area contributed by atoms with E-state index in [0.29, 0.717) is 52.3 Å². The van der Waals surface area contributed by atoms with Gasteiger partial charge in [-0.2, -0.15) is 9.97 Å². The van der Waals surface area contributed by atoms with E-state index in [2.05, 4.69) is 30.2 Å². The van der Waals surface area contributed by atoms with Crippen molar-refractivity contribution < 1.29 is 18.3 Å². The Morgan fingerprint density at radius 2 is 2.03 bits per heavy atom. The van der Waals surface area contributed by atoms with Gasteiger partial charge in [0, 0.05) is 48.6 Å². The number of nitrogens with one attached hydrogen (secondary N) is 2. The minimum absolute atomic E-state index is 0.213. The van der Waals surface area contributed by atoms with Gasteiger partial charge in [0.2, 0.25) is 17.7 Å².